The number of guanidine groups is 1. The molecule has 0 spiro atoms. The Labute approximate surface area is 132 Å². The van der Waals surface area contributed by atoms with Crippen molar-refractivity contribution >= 4 is 27.6 Å². The number of thioether (sulfide) groups is 1. The van der Waals surface area contributed by atoms with Crippen molar-refractivity contribution in [1.29, 1.82) is 0 Å². The molecule has 0 saturated carbocycles. The van der Waals surface area contributed by atoms with Crippen molar-refractivity contribution in [3.05, 3.63) is 0 Å². The molecule has 1 heterocycles. The summed E-state index contributed by atoms with van der Waals surface area (Å²) in [5.41, 5.74) is 0. The molecular weight excluding hydrogens is 306 g/mol. The average molecular weight is 332 g/mol. The van der Waals surface area contributed by atoms with E-state index in [0.717, 1.165) is 18.3 Å². The maximum Gasteiger partial charge on any atom is 0.194 e. The van der Waals surface area contributed by atoms with Gasteiger partial charge in [0.25, 0.3) is 0 Å². The van der Waals surface area contributed by atoms with Gasteiger partial charge in [-0.3, -0.25) is 4.99 Å². The molecular formula is C14H25N3O2S2. The number of terminal acetylenes is 1. The lowest BCUT2D eigenvalue weighted by Gasteiger charge is -2.39. The summed E-state index contributed by atoms with van der Waals surface area (Å²) in [5.74, 6) is 5.12. The van der Waals surface area contributed by atoms with Crippen LogP contribution >= 0.6 is 11.8 Å². The van der Waals surface area contributed by atoms with Crippen LogP contribution < -0.4 is 5.32 Å². The molecule has 1 rings (SSSR count). The number of rotatable bonds is 5. The van der Waals surface area contributed by atoms with Gasteiger partial charge >= 0.3 is 0 Å². The third-order valence-corrected chi connectivity index (χ3v) is 6.74. The molecule has 0 amide bonds. The summed E-state index contributed by atoms with van der Waals surface area (Å²) in [6, 6.07) is 0. The minimum Gasteiger partial charge on any atom is -0.357 e. The van der Waals surface area contributed by atoms with Crippen molar-refractivity contribution in [2.75, 3.05) is 43.4 Å². The predicted octanol–water partition coefficient (Wildman–Crippen LogP) is 0.827. The molecule has 0 aromatic rings. The maximum absolute atomic E-state index is 12.1. The van der Waals surface area contributed by atoms with Crippen molar-refractivity contribution < 1.29 is 8.42 Å². The summed E-state index contributed by atoms with van der Waals surface area (Å²) >= 11 is 1.67. The van der Waals surface area contributed by atoms with E-state index in [2.05, 4.69) is 16.2 Å². The summed E-state index contributed by atoms with van der Waals surface area (Å²) in [5, 5.41) is 3.24. The van der Waals surface area contributed by atoms with Gasteiger partial charge < -0.3 is 10.2 Å². The molecule has 0 aromatic carbocycles. The Morgan fingerprint density at radius 1 is 1.52 bits per heavy atom. The fourth-order valence-electron chi connectivity index (χ4n) is 2.10. The Hall–Kier alpha value is -0.870. The van der Waals surface area contributed by atoms with E-state index in [0.29, 0.717) is 25.4 Å². The topological polar surface area (TPSA) is 61.8 Å². The minimum absolute atomic E-state index is 0.177. The third kappa shape index (κ3) is 5.11. The van der Waals surface area contributed by atoms with E-state index in [4.69, 9.17) is 6.42 Å². The molecule has 1 aliphatic heterocycles. The Bertz CT molecular complexity index is 507. The second-order valence-corrected chi connectivity index (χ2v) is 9.34. The van der Waals surface area contributed by atoms with Gasteiger partial charge in [-0.15, -0.1) is 18.2 Å². The standard InChI is InChI=1S/C14H25N3O2S2/c1-5-9-20-10-7-16-13(15-6-2)17-8-11-21(18,19)14(3,4)12-17/h1H,6-12H2,2-4H3,(H,15,16). The zero-order chi connectivity index (χ0) is 15.9. The van der Waals surface area contributed by atoms with Gasteiger partial charge in [-0.1, -0.05) is 5.92 Å². The number of hydrogen-bond donors (Lipinski definition) is 1. The van der Waals surface area contributed by atoms with Crippen LogP contribution in [0.5, 0.6) is 0 Å². The number of nitrogens with zero attached hydrogens (tertiary/aromatic N) is 2. The number of hydrogen-bond acceptors (Lipinski definition) is 4. The van der Waals surface area contributed by atoms with E-state index in [-0.39, 0.29) is 5.75 Å². The van der Waals surface area contributed by atoms with E-state index in [1.165, 1.54) is 0 Å². The highest BCUT2D eigenvalue weighted by molar-refractivity contribution is 7.99. The fourth-order valence-corrected chi connectivity index (χ4v) is 3.95. The smallest absolute Gasteiger partial charge is 0.194 e. The van der Waals surface area contributed by atoms with Crippen LogP contribution in [0.4, 0.5) is 0 Å². The number of aliphatic imine (C=N–C) groups is 1. The molecule has 0 radical (unpaired) electrons. The van der Waals surface area contributed by atoms with Gasteiger partial charge in [0, 0.05) is 25.4 Å². The SMILES string of the molecule is C#CCSCCN=C(NCC)N1CCS(=O)(=O)C(C)(C)C1. The van der Waals surface area contributed by atoms with E-state index in [9.17, 15) is 8.42 Å². The lowest BCUT2D eigenvalue weighted by Crippen LogP contribution is -2.57. The molecule has 0 unspecified atom stereocenters. The monoisotopic (exact) mass is 331 g/mol. The van der Waals surface area contributed by atoms with Gasteiger partial charge in [0.15, 0.2) is 15.8 Å². The molecule has 0 atom stereocenters. The van der Waals surface area contributed by atoms with E-state index in [1.54, 1.807) is 25.6 Å². The Morgan fingerprint density at radius 2 is 2.24 bits per heavy atom. The highest BCUT2D eigenvalue weighted by Crippen LogP contribution is 2.23. The van der Waals surface area contributed by atoms with Gasteiger partial charge in [-0.2, -0.15) is 0 Å². The first kappa shape index (κ1) is 18.2. The second-order valence-electron chi connectivity index (χ2n) is 5.49. The van der Waals surface area contributed by atoms with Gasteiger partial charge in [0.05, 0.1) is 22.8 Å². The Morgan fingerprint density at radius 3 is 2.81 bits per heavy atom. The van der Waals surface area contributed by atoms with E-state index < -0.39 is 14.6 Å². The lowest BCUT2D eigenvalue weighted by atomic mass is 10.2. The van der Waals surface area contributed by atoms with Crippen LogP contribution in [0.15, 0.2) is 4.99 Å². The Balaban J connectivity index is 2.69. The first-order chi connectivity index (χ1) is 9.84. The molecule has 21 heavy (non-hydrogen) atoms. The molecule has 1 saturated heterocycles. The van der Waals surface area contributed by atoms with Crippen molar-refractivity contribution in [3.63, 3.8) is 0 Å². The van der Waals surface area contributed by atoms with E-state index in [1.807, 2.05) is 11.8 Å². The first-order valence-electron chi connectivity index (χ1n) is 7.11. The van der Waals surface area contributed by atoms with Crippen molar-refractivity contribution in [2.24, 2.45) is 4.99 Å². The molecule has 1 N–H and O–H groups in total. The van der Waals surface area contributed by atoms with Gasteiger partial charge in [-0.05, 0) is 20.8 Å². The number of sulfone groups is 1. The van der Waals surface area contributed by atoms with Crippen LogP contribution in [0.2, 0.25) is 0 Å². The van der Waals surface area contributed by atoms with Gasteiger partial charge in [0.1, 0.15) is 0 Å². The second kappa shape index (κ2) is 7.95. The predicted molar refractivity (Wildman–Crippen MR) is 91.6 cm³/mol. The van der Waals surface area contributed by atoms with Crippen LogP contribution in [0.25, 0.3) is 0 Å². The summed E-state index contributed by atoms with van der Waals surface area (Å²) in [4.78, 5) is 6.61. The number of nitrogens with one attached hydrogen (secondary N) is 1. The summed E-state index contributed by atoms with van der Waals surface area (Å²) in [7, 11) is -3.03. The lowest BCUT2D eigenvalue weighted by molar-refractivity contribution is 0.353. The largest absolute Gasteiger partial charge is 0.357 e. The summed E-state index contributed by atoms with van der Waals surface area (Å²) < 4.78 is 23.4. The highest BCUT2D eigenvalue weighted by atomic mass is 32.2. The molecule has 1 aliphatic rings. The van der Waals surface area contributed by atoms with Crippen LogP contribution in [-0.4, -0.2) is 67.5 Å². The van der Waals surface area contributed by atoms with Crippen LogP contribution in [0.3, 0.4) is 0 Å². The van der Waals surface area contributed by atoms with Crippen molar-refractivity contribution in [1.82, 2.24) is 10.2 Å². The van der Waals surface area contributed by atoms with Crippen LogP contribution in [0, 0.1) is 12.3 Å². The zero-order valence-corrected chi connectivity index (χ0v) is 14.7. The van der Waals surface area contributed by atoms with Crippen LogP contribution in [-0.2, 0) is 9.84 Å². The minimum atomic E-state index is -3.03. The molecule has 0 bridgehead atoms. The molecule has 0 aliphatic carbocycles. The molecule has 120 valence electrons. The maximum atomic E-state index is 12.1. The third-order valence-electron chi connectivity index (χ3n) is 3.36. The highest BCUT2D eigenvalue weighted by Gasteiger charge is 2.40. The molecule has 0 aromatic heterocycles. The summed E-state index contributed by atoms with van der Waals surface area (Å²) in [6.07, 6.45) is 5.21. The normalized spacial score (nSPS) is 20.9. The quantitative estimate of drug-likeness (QED) is 0.350. The van der Waals surface area contributed by atoms with E-state index >= 15 is 0 Å². The molecule has 1 fully saturated rings. The summed E-state index contributed by atoms with van der Waals surface area (Å²) in [6.45, 7) is 7.97. The van der Waals surface area contributed by atoms with Crippen molar-refractivity contribution in [2.45, 2.75) is 25.5 Å². The first-order valence-corrected chi connectivity index (χ1v) is 9.91. The average Bonchev–Trinajstić information content (AvgIpc) is 2.40. The van der Waals surface area contributed by atoms with Crippen LogP contribution in [0.1, 0.15) is 20.8 Å². The van der Waals surface area contributed by atoms with Gasteiger partial charge in [-0.25, -0.2) is 8.42 Å². The Kier molecular flexibility index (Phi) is 6.88. The van der Waals surface area contributed by atoms with Gasteiger partial charge in [0.2, 0.25) is 0 Å². The zero-order valence-electron chi connectivity index (χ0n) is 13.1. The van der Waals surface area contributed by atoms with Crippen molar-refractivity contribution in [3.8, 4) is 12.3 Å². The molecule has 7 heteroatoms. The fraction of sp³-hybridized carbons (Fsp3) is 0.786. The molecule has 5 nitrogen and oxygen atoms in total.